The van der Waals surface area contributed by atoms with Crippen molar-refractivity contribution in [2.45, 2.75) is 13.8 Å². The smallest absolute Gasteiger partial charge is 0.201 e. The first-order chi connectivity index (χ1) is 11.7. The van der Waals surface area contributed by atoms with Crippen LogP contribution in [0.2, 0.25) is 0 Å². The van der Waals surface area contributed by atoms with Crippen LogP contribution in [0.3, 0.4) is 0 Å². The Morgan fingerprint density at radius 3 is 2.16 bits per heavy atom. The Balaban J connectivity index is 1.87. The second-order valence-electron chi connectivity index (χ2n) is 6.89. The summed E-state index contributed by atoms with van der Waals surface area (Å²) in [5.41, 5.74) is 4.48. The predicted molar refractivity (Wildman–Crippen MR) is 109 cm³/mol. The van der Waals surface area contributed by atoms with Gasteiger partial charge in [-0.2, -0.15) is 0 Å². The van der Waals surface area contributed by atoms with Gasteiger partial charge < -0.3 is 9.46 Å². The molecule has 6 heteroatoms. The maximum absolute atomic E-state index is 12.2. The van der Waals surface area contributed by atoms with Gasteiger partial charge in [-0.3, -0.25) is 4.90 Å². The molecule has 1 heterocycles. The standard InChI is InChI=1S/C19H23ClN3OP/c1-14-9-15(2)11-17(10-14)23-13-22(12-21-19(23)20)16-5-7-18(8-6-16)25(3,4)24/h5-11H,12-13H2,1-4H3. The van der Waals surface area contributed by atoms with E-state index in [9.17, 15) is 4.57 Å². The van der Waals surface area contributed by atoms with E-state index in [4.69, 9.17) is 11.6 Å². The monoisotopic (exact) mass is 375 g/mol. The van der Waals surface area contributed by atoms with Gasteiger partial charge in [-0.05, 0) is 86.3 Å². The molecule has 0 unspecified atom stereocenters. The third kappa shape index (κ3) is 4.08. The highest BCUT2D eigenvalue weighted by Gasteiger charge is 2.22. The molecule has 0 atom stereocenters. The van der Waals surface area contributed by atoms with E-state index >= 15 is 0 Å². The van der Waals surface area contributed by atoms with Gasteiger partial charge in [-0.1, -0.05) is 6.07 Å². The minimum absolute atomic E-state index is 0.504. The first kappa shape index (κ1) is 18.0. The molecule has 4 nitrogen and oxygen atoms in total. The van der Waals surface area contributed by atoms with Gasteiger partial charge in [-0.15, -0.1) is 0 Å². The summed E-state index contributed by atoms with van der Waals surface area (Å²) in [4.78, 5) is 8.60. The van der Waals surface area contributed by atoms with E-state index in [2.05, 4.69) is 41.9 Å². The minimum atomic E-state index is -2.24. The molecule has 0 saturated carbocycles. The average molecular weight is 376 g/mol. The van der Waals surface area contributed by atoms with Crippen molar-refractivity contribution in [3.05, 3.63) is 53.6 Å². The first-order valence-corrected chi connectivity index (χ1v) is 11.2. The second-order valence-corrected chi connectivity index (χ2v) is 10.4. The van der Waals surface area contributed by atoms with Crippen molar-refractivity contribution in [3.8, 4) is 0 Å². The molecule has 2 aromatic rings. The van der Waals surface area contributed by atoms with Crippen molar-refractivity contribution < 1.29 is 4.57 Å². The number of halogens is 1. The van der Waals surface area contributed by atoms with Crippen LogP contribution < -0.4 is 15.1 Å². The van der Waals surface area contributed by atoms with Crippen LogP contribution in [0.4, 0.5) is 11.4 Å². The van der Waals surface area contributed by atoms with E-state index in [0.717, 1.165) is 16.7 Å². The number of hydrogen-bond acceptors (Lipinski definition) is 4. The van der Waals surface area contributed by atoms with Gasteiger partial charge in [0.1, 0.15) is 13.8 Å². The van der Waals surface area contributed by atoms with Gasteiger partial charge in [0.05, 0.1) is 6.67 Å². The molecule has 132 valence electrons. The molecule has 0 N–H and O–H groups in total. The maximum Gasteiger partial charge on any atom is 0.201 e. The Bertz CT molecular complexity index is 837. The number of anilines is 2. The number of aryl methyl sites for hydroxylation is 2. The Morgan fingerprint density at radius 2 is 1.60 bits per heavy atom. The van der Waals surface area contributed by atoms with Gasteiger partial charge >= 0.3 is 0 Å². The summed E-state index contributed by atoms with van der Waals surface area (Å²) in [6, 6.07) is 14.3. The van der Waals surface area contributed by atoms with Crippen LogP contribution in [0, 0.1) is 13.8 Å². The highest BCUT2D eigenvalue weighted by Crippen LogP contribution is 2.35. The Kier molecular flexibility index (Phi) is 4.95. The highest BCUT2D eigenvalue weighted by molar-refractivity contribution is 7.70. The lowest BCUT2D eigenvalue weighted by Gasteiger charge is -2.35. The van der Waals surface area contributed by atoms with Crippen molar-refractivity contribution in [1.29, 1.82) is 0 Å². The topological polar surface area (TPSA) is 35.9 Å². The normalized spacial score (nSPS) is 15.3. The number of hydrogen-bond donors (Lipinski definition) is 0. The molecular weight excluding hydrogens is 353 g/mol. The van der Waals surface area contributed by atoms with Crippen LogP contribution in [0.5, 0.6) is 0 Å². The number of nitrogens with zero attached hydrogens (tertiary/aromatic N) is 3. The molecule has 3 rings (SSSR count). The summed E-state index contributed by atoms with van der Waals surface area (Å²) in [5.74, 6) is 0. The second kappa shape index (κ2) is 6.86. The van der Waals surface area contributed by atoms with Gasteiger partial charge in [-0.25, -0.2) is 4.99 Å². The third-order valence-electron chi connectivity index (χ3n) is 4.26. The molecule has 0 amide bonds. The van der Waals surface area contributed by atoms with E-state index in [0.29, 0.717) is 18.6 Å². The maximum atomic E-state index is 12.2. The van der Waals surface area contributed by atoms with Crippen molar-refractivity contribution in [1.82, 2.24) is 0 Å². The molecule has 0 bridgehead atoms. The van der Waals surface area contributed by atoms with Crippen LogP contribution in [-0.4, -0.2) is 32.0 Å². The van der Waals surface area contributed by atoms with E-state index in [1.165, 1.54) is 11.1 Å². The van der Waals surface area contributed by atoms with E-state index in [1.807, 2.05) is 29.2 Å². The van der Waals surface area contributed by atoms with Gasteiger partial charge in [0.2, 0.25) is 5.29 Å². The van der Waals surface area contributed by atoms with Crippen molar-refractivity contribution in [3.63, 3.8) is 0 Å². The Morgan fingerprint density at radius 1 is 1.00 bits per heavy atom. The number of benzene rings is 2. The fourth-order valence-electron chi connectivity index (χ4n) is 2.98. The summed E-state index contributed by atoms with van der Waals surface area (Å²) in [6.45, 7) is 8.87. The number of aliphatic imine (C=N–C) groups is 1. The minimum Gasteiger partial charge on any atom is -0.334 e. The lowest BCUT2D eigenvalue weighted by atomic mass is 10.1. The SMILES string of the molecule is Cc1cc(C)cc(N2CN(c3ccc(P(C)(C)=O)cc3)CN=C2Cl)c1. The zero-order valence-electron chi connectivity index (χ0n) is 15.0. The third-order valence-corrected chi connectivity index (χ3v) is 6.13. The summed E-state index contributed by atoms with van der Waals surface area (Å²) in [7, 11) is -2.24. The average Bonchev–Trinajstić information content (AvgIpc) is 2.53. The molecule has 0 radical (unpaired) electrons. The number of amidine groups is 1. The molecule has 2 aromatic carbocycles. The van der Waals surface area contributed by atoms with Gasteiger partial charge in [0.15, 0.2) is 0 Å². The molecule has 0 saturated heterocycles. The summed E-state index contributed by atoms with van der Waals surface area (Å²) >= 11 is 6.37. The fraction of sp³-hybridized carbons (Fsp3) is 0.316. The Hall–Kier alpha value is -1.77. The molecule has 0 aliphatic carbocycles. The molecule has 1 aliphatic rings. The lowest BCUT2D eigenvalue weighted by molar-refractivity contribution is 0.588. The Labute approximate surface area is 154 Å². The van der Waals surface area contributed by atoms with Crippen LogP contribution in [0.1, 0.15) is 11.1 Å². The summed E-state index contributed by atoms with van der Waals surface area (Å²) < 4.78 is 12.2. The van der Waals surface area contributed by atoms with Gasteiger partial charge in [0.25, 0.3) is 0 Å². The highest BCUT2D eigenvalue weighted by atomic mass is 35.5. The van der Waals surface area contributed by atoms with Gasteiger partial charge in [0, 0.05) is 16.7 Å². The lowest BCUT2D eigenvalue weighted by Crippen LogP contribution is -2.44. The van der Waals surface area contributed by atoms with Crippen molar-refractivity contribution >= 4 is 40.7 Å². The fourth-order valence-corrected chi connectivity index (χ4v) is 4.05. The van der Waals surface area contributed by atoms with Crippen LogP contribution >= 0.6 is 18.7 Å². The number of rotatable bonds is 3. The van der Waals surface area contributed by atoms with Crippen LogP contribution in [0.15, 0.2) is 47.5 Å². The molecular formula is C19H23ClN3OP. The van der Waals surface area contributed by atoms with Crippen molar-refractivity contribution in [2.24, 2.45) is 4.99 Å². The molecule has 0 spiro atoms. The zero-order chi connectivity index (χ0) is 18.2. The zero-order valence-corrected chi connectivity index (χ0v) is 16.7. The first-order valence-electron chi connectivity index (χ1n) is 8.20. The predicted octanol–water partition coefficient (Wildman–Crippen LogP) is 4.39. The van der Waals surface area contributed by atoms with Crippen LogP contribution in [0.25, 0.3) is 0 Å². The van der Waals surface area contributed by atoms with Crippen LogP contribution in [-0.2, 0) is 4.57 Å². The quantitative estimate of drug-likeness (QED) is 0.589. The molecule has 0 fully saturated rings. The van der Waals surface area contributed by atoms with E-state index in [1.54, 1.807) is 13.3 Å². The molecule has 1 aliphatic heterocycles. The molecule has 25 heavy (non-hydrogen) atoms. The summed E-state index contributed by atoms with van der Waals surface area (Å²) in [6.07, 6.45) is 0. The van der Waals surface area contributed by atoms with E-state index < -0.39 is 7.14 Å². The largest absolute Gasteiger partial charge is 0.334 e. The van der Waals surface area contributed by atoms with E-state index in [-0.39, 0.29) is 0 Å². The van der Waals surface area contributed by atoms with Crippen molar-refractivity contribution in [2.75, 3.05) is 36.5 Å². The summed E-state index contributed by atoms with van der Waals surface area (Å²) in [5, 5.41) is 1.39. The molecule has 0 aromatic heterocycles.